The first-order chi connectivity index (χ1) is 23.9. The maximum atomic E-state index is 12.2. The minimum Gasteiger partial charge on any atom is -0.488 e. The van der Waals surface area contributed by atoms with Crippen LogP contribution in [-0.4, -0.2) is 63.9 Å². The predicted octanol–water partition coefficient (Wildman–Crippen LogP) is 5.95. The molecule has 1 unspecified atom stereocenters. The summed E-state index contributed by atoms with van der Waals surface area (Å²) in [7, 11) is 0. The molecule has 4 aromatic rings. The number of hydrogen-bond donors (Lipinski definition) is 3. The van der Waals surface area contributed by atoms with Gasteiger partial charge in [0.25, 0.3) is 6.47 Å². The van der Waals surface area contributed by atoms with Gasteiger partial charge in [-0.25, -0.2) is 0 Å². The molecule has 0 radical (unpaired) electrons. The van der Waals surface area contributed by atoms with E-state index < -0.39 is 5.60 Å². The molecule has 0 amide bonds. The van der Waals surface area contributed by atoms with E-state index in [0.29, 0.717) is 42.9 Å². The van der Waals surface area contributed by atoms with Crippen molar-refractivity contribution in [1.82, 2.24) is 15.1 Å². The number of nitrogens with zero attached hydrogens (tertiary/aromatic N) is 2. The summed E-state index contributed by atoms with van der Waals surface area (Å²) in [6.07, 6.45) is 3.40. The number of aliphatic hydroxyl groups excluding tert-OH is 1. The van der Waals surface area contributed by atoms with Gasteiger partial charge < -0.3 is 39.2 Å². The van der Waals surface area contributed by atoms with E-state index in [1.165, 1.54) is 4.68 Å². The number of benzene rings is 3. The third kappa shape index (κ3) is 10.9. The first-order valence-electron chi connectivity index (χ1n) is 16.1. The fraction of sp³-hybridized carbons (Fsp3) is 0.378. The highest BCUT2D eigenvalue weighted by atomic mass is 35.5. The second-order valence-electron chi connectivity index (χ2n) is 12.6. The van der Waals surface area contributed by atoms with Gasteiger partial charge in [-0.3, -0.25) is 14.3 Å². The topological polar surface area (TPSA) is 151 Å². The Labute approximate surface area is 296 Å². The first kappa shape index (κ1) is 38.0. The number of aromatic nitrogens is 2. The number of carbonyl (C=O) groups excluding carboxylic acids is 1. The zero-order chi connectivity index (χ0) is 36.3. The Bertz CT molecular complexity index is 1750. The van der Waals surface area contributed by atoms with Gasteiger partial charge in [-0.15, -0.1) is 0 Å². The van der Waals surface area contributed by atoms with Crippen LogP contribution in [0.25, 0.3) is 11.1 Å². The van der Waals surface area contributed by atoms with E-state index in [-0.39, 0.29) is 38.2 Å². The third-order valence-corrected chi connectivity index (χ3v) is 7.80. The van der Waals surface area contributed by atoms with E-state index in [2.05, 4.69) is 23.4 Å². The molecule has 1 aromatic heterocycles. The SMILES string of the molecule is Cc1c(COc2cc(OCc3cnn(CC(=O)OC(C)(C)C)c3)c(CNC(C)CO)cc2Cl)cccc1-c1ccc2c(c1)OCCO2.O=CO. The molecular formula is C37H44ClN3O9. The number of ether oxygens (including phenoxy) is 5. The van der Waals surface area contributed by atoms with E-state index in [0.717, 1.165) is 44.9 Å². The molecule has 0 saturated carbocycles. The van der Waals surface area contributed by atoms with Crippen LogP contribution in [0.1, 0.15) is 49.9 Å². The van der Waals surface area contributed by atoms with Gasteiger partial charge in [0.15, 0.2) is 11.5 Å². The molecule has 268 valence electrons. The quantitative estimate of drug-likeness (QED) is 0.112. The Morgan fingerprint density at radius 2 is 1.78 bits per heavy atom. The second kappa shape index (κ2) is 17.7. The number of nitrogens with one attached hydrogen (secondary N) is 1. The lowest BCUT2D eigenvalue weighted by atomic mass is 9.96. The summed E-state index contributed by atoms with van der Waals surface area (Å²) >= 11 is 6.73. The average molecular weight is 710 g/mol. The van der Waals surface area contributed by atoms with E-state index in [1.807, 2.05) is 64.1 Å². The molecule has 5 rings (SSSR count). The molecule has 3 N–H and O–H groups in total. The van der Waals surface area contributed by atoms with Crippen molar-refractivity contribution < 1.29 is 43.5 Å². The number of halogens is 1. The summed E-state index contributed by atoms with van der Waals surface area (Å²) in [6, 6.07) is 15.6. The Hall–Kier alpha value is -4.78. The smallest absolute Gasteiger partial charge is 0.328 e. The van der Waals surface area contributed by atoms with Crippen LogP contribution in [0, 0.1) is 6.92 Å². The lowest BCUT2D eigenvalue weighted by Crippen LogP contribution is -2.28. The molecule has 1 atom stereocenters. The van der Waals surface area contributed by atoms with Crippen LogP contribution in [0.2, 0.25) is 5.02 Å². The van der Waals surface area contributed by atoms with Crippen molar-refractivity contribution in [2.24, 2.45) is 0 Å². The molecule has 0 fully saturated rings. The minimum atomic E-state index is -0.573. The number of aliphatic hydroxyl groups is 1. The highest BCUT2D eigenvalue weighted by Crippen LogP contribution is 2.37. The van der Waals surface area contributed by atoms with Crippen molar-refractivity contribution in [1.29, 1.82) is 0 Å². The molecule has 12 nitrogen and oxygen atoms in total. The number of rotatable bonds is 13. The number of esters is 1. The number of fused-ring (bicyclic) bond motifs is 1. The van der Waals surface area contributed by atoms with Gasteiger partial charge in [-0.1, -0.05) is 35.9 Å². The molecule has 0 saturated heterocycles. The monoisotopic (exact) mass is 709 g/mol. The number of carbonyl (C=O) groups is 2. The molecule has 50 heavy (non-hydrogen) atoms. The van der Waals surface area contributed by atoms with Crippen molar-refractivity contribution in [3.8, 4) is 34.1 Å². The molecule has 1 aliphatic heterocycles. The van der Waals surface area contributed by atoms with Crippen LogP contribution in [0.5, 0.6) is 23.0 Å². The standard InChI is InChI=1S/C36H42ClN3O7.CH2O2/c1-23(20-41)38-17-28-13-30(37)33(15-32(28)45-21-25-16-39-40(18-25)19-35(42)47-36(3,4)5)46-22-27-7-6-8-29(24(27)2)26-9-10-31-34(14-26)44-12-11-43-31;2-1-3/h6-10,13-16,18,23,38,41H,11-12,17,19-22H2,1-5H3;1H,(H,2,3). The van der Waals surface area contributed by atoms with E-state index in [4.69, 9.17) is 45.2 Å². The molecule has 0 bridgehead atoms. The largest absolute Gasteiger partial charge is 0.488 e. The zero-order valence-electron chi connectivity index (χ0n) is 28.9. The minimum absolute atomic E-state index is 0.000294. The molecule has 3 aromatic carbocycles. The highest BCUT2D eigenvalue weighted by molar-refractivity contribution is 6.32. The van der Waals surface area contributed by atoms with Gasteiger partial charge in [-0.05, 0) is 75.1 Å². The molecule has 13 heteroatoms. The van der Waals surface area contributed by atoms with Gasteiger partial charge in [-0.2, -0.15) is 5.10 Å². The summed E-state index contributed by atoms with van der Waals surface area (Å²) in [5.74, 6) is 2.18. The Morgan fingerprint density at radius 3 is 2.50 bits per heavy atom. The molecule has 1 aliphatic rings. The normalized spacial score (nSPS) is 12.7. The van der Waals surface area contributed by atoms with Crippen LogP contribution in [-0.2, 0) is 40.6 Å². The molecule has 2 heterocycles. The van der Waals surface area contributed by atoms with Crippen LogP contribution in [0.4, 0.5) is 0 Å². The van der Waals surface area contributed by atoms with Crippen LogP contribution >= 0.6 is 11.6 Å². The Morgan fingerprint density at radius 1 is 1.06 bits per heavy atom. The Balaban J connectivity index is 0.00000181. The number of carboxylic acid groups (broad SMARTS) is 1. The van der Waals surface area contributed by atoms with Crippen molar-refractivity contribution in [2.45, 2.75) is 72.6 Å². The summed E-state index contributed by atoms with van der Waals surface area (Å²) in [6.45, 7) is 11.2. The maximum Gasteiger partial charge on any atom is 0.328 e. The summed E-state index contributed by atoms with van der Waals surface area (Å²) in [4.78, 5) is 20.6. The van der Waals surface area contributed by atoms with Crippen LogP contribution in [0.3, 0.4) is 0 Å². The summed E-state index contributed by atoms with van der Waals surface area (Å²) in [5.41, 5.74) is 5.21. The van der Waals surface area contributed by atoms with Crippen molar-refractivity contribution in [3.63, 3.8) is 0 Å². The fourth-order valence-electron chi connectivity index (χ4n) is 5.06. The Kier molecular flexibility index (Phi) is 13.5. The third-order valence-electron chi connectivity index (χ3n) is 7.50. The van der Waals surface area contributed by atoms with Gasteiger partial charge in [0.2, 0.25) is 0 Å². The van der Waals surface area contributed by atoms with E-state index in [1.54, 1.807) is 18.5 Å². The van der Waals surface area contributed by atoms with Crippen LogP contribution in [0.15, 0.2) is 60.9 Å². The maximum absolute atomic E-state index is 12.2. The second-order valence-corrected chi connectivity index (χ2v) is 13.0. The summed E-state index contributed by atoms with van der Waals surface area (Å²) in [5, 5.41) is 24.4. The highest BCUT2D eigenvalue weighted by Gasteiger charge is 2.18. The van der Waals surface area contributed by atoms with E-state index in [9.17, 15) is 9.90 Å². The predicted molar refractivity (Wildman–Crippen MR) is 188 cm³/mol. The van der Waals surface area contributed by atoms with Gasteiger partial charge >= 0.3 is 5.97 Å². The van der Waals surface area contributed by atoms with Crippen LogP contribution < -0.4 is 24.3 Å². The van der Waals surface area contributed by atoms with Crippen molar-refractivity contribution in [2.75, 3.05) is 19.8 Å². The molecule has 0 spiro atoms. The van der Waals surface area contributed by atoms with Gasteiger partial charge in [0, 0.05) is 36.0 Å². The lowest BCUT2D eigenvalue weighted by molar-refractivity contribution is -0.155. The van der Waals surface area contributed by atoms with Crippen molar-refractivity contribution >= 4 is 24.0 Å². The lowest BCUT2D eigenvalue weighted by Gasteiger charge is -2.20. The zero-order valence-corrected chi connectivity index (χ0v) is 29.7. The van der Waals surface area contributed by atoms with Crippen molar-refractivity contribution in [3.05, 3.63) is 88.2 Å². The fourth-order valence-corrected chi connectivity index (χ4v) is 5.30. The number of hydrogen-bond acceptors (Lipinski definition) is 10. The average Bonchev–Trinajstić information content (AvgIpc) is 3.52. The van der Waals surface area contributed by atoms with Gasteiger partial charge in [0.05, 0.1) is 17.8 Å². The van der Waals surface area contributed by atoms with Gasteiger partial charge in [0.1, 0.15) is 50.1 Å². The molecular weight excluding hydrogens is 666 g/mol. The van der Waals surface area contributed by atoms with E-state index >= 15 is 0 Å². The summed E-state index contributed by atoms with van der Waals surface area (Å²) < 4.78 is 30.9. The molecule has 0 aliphatic carbocycles. The first-order valence-corrected chi connectivity index (χ1v) is 16.5.